The number of hydrogen-bond acceptors (Lipinski definition) is 4. The highest BCUT2D eigenvalue weighted by Crippen LogP contribution is 2.26. The molecule has 2 atom stereocenters. The number of carbonyl (C=O) groups excluding carboxylic acids is 2. The van der Waals surface area contributed by atoms with Crippen molar-refractivity contribution in [2.45, 2.75) is 25.9 Å². The highest BCUT2D eigenvalue weighted by molar-refractivity contribution is 7.10. The number of benzene rings is 1. The van der Waals surface area contributed by atoms with Gasteiger partial charge in [0.2, 0.25) is 11.8 Å². The summed E-state index contributed by atoms with van der Waals surface area (Å²) >= 11 is 7.49. The largest absolute Gasteiger partial charge is 0.346 e. The number of rotatable bonds is 7. The number of nitrogens with one attached hydrogen (secondary N) is 2. The van der Waals surface area contributed by atoms with E-state index in [4.69, 9.17) is 17.3 Å². The van der Waals surface area contributed by atoms with Crippen LogP contribution in [0.1, 0.15) is 30.3 Å². The smallest absolute Gasteiger partial charge is 0.240 e. The Bertz CT molecular complexity index is 702. The molecule has 5 nitrogen and oxygen atoms in total. The van der Waals surface area contributed by atoms with Gasteiger partial charge >= 0.3 is 0 Å². The molecule has 0 aliphatic carbocycles. The number of carbonyl (C=O) groups is 2. The van der Waals surface area contributed by atoms with Gasteiger partial charge in [0.05, 0.1) is 18.6 Å². The third-order valence-electron chi connectivity index (χ3n) is 3.78. The lowest BCUT2D eigenvalue weighted by atomic mass is 10.0. The quantitative estimate of drug-likeness (QED) is 0.691. The Hall–Kier alpha value is -1.89. The molecule has 7 heteroatoms. The Labute approximate surface area is 156 Å². The molecule has 0 spiro atoms. The molecule has 2 aromatic rings. The predicted octanol–water partition coefficient (Wildman–Crippen LogP) is 2.71. The van der Waals surface area contributed by atoms with E-state index in [1.54, 1.807) is 23.5 Å². The maximum absolute atomic E-state index is 12.3. The highest BCUT2D eigenvalue weighted by Gasteiger charge is 2.20. The first-order valence-corrected chi connectivity index (χ1v) is 9.25. The molecule has 0 aliphatic heterocycles. The van der Waals surface area contributed by atoms with Gasteiger partial charge < -0.3 is 16.4 Å². The third kappa shape index (κ3) is 5.56. The number of amides is 2. The minimum atomic E-state index is -0.628. The van der Waals surface area contributed by atoms with Crippen molar-refractivity contribution in [3.8, 4) is 0 Å². The van der Waals surface area contributed by atoms with Gasteiger partial charge in [-0.3, -0.25) is 9.59 Å². The first-order chi connectivity index (χ1) is 11.9. The summed E-state index contributed by atoms with van der Waals surface area (Å²) in [6.07, 6.45) is 0. The summed E-state index contributed by atoms with van der Waals surface area (Å²) in [5.41, 5.74) is 6.70. The SMILES string of the molecule is CC(C)[C@H](N)C(=O)NCC(=O)NC(c1ccc(Cl)cc1)c1cccs1. The third-order valence-corrected chi connectivity index (χ3v) is 4.97. The Balaban J connectivity index is 2.03. The second-order valence-electron chi connectivity index (χ2n) is 6.06. The molecule has 2 rings (SSSR count). The summed E-state index contributed by atoms with van der Waals surface area (Å²) < 4.78 is 0. The molecule has 0 saturated carbocycles. The van der Waals surface area contributed by atoms with Crippen LogP contribution in [0.5, 0.6) is 0 Å². The fourth-order valence-corrected chi connectivity index (χ4v) is 3.16. The zero-order valence-electron chi connectivity index (χ0n) is 14.2. The van der Waals surface area contributed by atoms with E-state index < -0.39 is 6.04 Å². The molecule has 0 fully saturated rings. The van der Waals surface area contributed by atoms with Gasteiger partial charge in [-0.25, -0.2) is 0 Å². The lowest BCUT2D eigenvalue weighted by Crippen LogP contribution is -2.47. The number of nitrogens with two attached hydrogens (primary N) is 1. The van der Waals surface area contributed by atoms with Crippen LogP contribution in [0.2, 0.25) is 5.02 Å². The molecule has 134 valence electrons. The van der Waals surface area contributed by atoms with Crippen LogP contribution in [0.3, 0.4) is 0 Å². The lowest BCUT2D eigenvalue weighted by Gasteiger charge is -2.19. The van der Waals surface area contributed by atoms with E-state index in [1.807, 2.05) is 43.5 Å². The van der Waals surface area contributed by atoms with E-state index in [0.29, 0.717) is 5.02 Å². The molecule has 0 radical (unpaired) electrons. The Morgan fingerprint density at radius 1 is 1.20 bits per heavy atom. The average molecular weight is 380 g/mol. The van der Waals surface area contributed by atoms with E-state index in [1.165, 1.54) is 0 Å². The fourth-order valence-electron chi connectivity index (χ4n) is 2.23. The van der Waals surface area contributed by atoms with Crippen LogP contribution >= 0.6 is 22.9 Å². The first kappa shape index (κ1) is 19.4. The van der Waals surface area contributed by atoms with Crippen molar-refractivity contribution < 1.29 is 9.59 Å². The molecule has 1 aromatic carbocycles. The van der Waals surface area contributed by atoms with Crippen LogP contribution in [-0.4, -0.2) is 24.4 Å². The van der Waals surface area contributed by atoms with Crippen molar-refractivity contribution >= 4 is 34.8 Å². The van der Waals surface area contributed by atoms with Gasteiger partial charge in [0.1, 0.15) is 0 Å². The monoisotopic (exact) mass is 379 g/mol. The normalized spacial score (nSPS) is 13.3. The van der Waals surface area contributed by atoms with Gasteiger partial charge in [-0.05, 0) is 35.1 Å². The van der Waals surface area contributed by atoms with Gasteiger partial charge in [0.25, 0.3) is 0 Å². The van der Waals surface area contributed by atoms with E-state index in [-0.39, 0.29) is 30.3 Å². The fraction of sp³-hybridized carbons (Fsp3) is 0.333. The Morgan fingerprint density at radius 2 is 1.88 bits per heavy atom. The van der Waals surface area contributed by atoms with Crippen molar-refractivity contribution in [2.75, 3.05) is 6.54 Å². The Kier molecular flexibility index (Phi) is 6.99. The zero-order chi connectivity index (χ0) is 18.4. The van der Waals surface area contributed by atoms with Crippen LogP contribution < -0.4 is 16.4 Å². The van der Waals surface area contributed by atoms with Crippen molar-refractivity contribution in [3.05, 3.63) is 57.2 Å². The number of halogens is 1. The molecule has 0 aliphatic rings. The molecule has 1 heterocycles. The molecule has 4 N–H and O–H groups in total. The second-order valence-corrected chi connectivity index (χ2v) is 7.47. The topological polar surface area (TPSA) is 84.2 Å². The standard InChI is InChI=1S/C18H22ClN3O2S/c1-11(2)16(20)18(24)21-10-15(23)22-17(14-4-3-9-25-14)12-5-7-13(19)8-6-12/h3-9,11,16-17H,10,20H2,1-2H3,(H,21,24)(H,22,23)/t16-,17?/m0/s1. The summed E-state index contributed by atoms with van der Waals surface area (Å²) in [5.74, 6) is -0.599. The van der Waals surface area contributed by atoms with E-state index in [2.05, 4.69) is 10.6 Å². The van der Waals surface area contributed by atoms with Crippen molar-refractivity contribution in [2.24, 2.45) is 11.7 Å². The molecule has 1 aromatic heterocycles. The summed E-state index contributed by atoms with van der Waals surface area (Å²) in [7, 11) is 0. The Morgan fingerprint density at radius 3 is 2.44 bits per heavy atom. The summed E-state index contributed by atoms with van der Waals surface area (Å²) in [6.45, 7) is 3.60. The molecule has 1 unspecified atom stereocenters. The second kappa shape index (κ2) is 8.99. The summed E-state index contributed by atoms with van der Waals surface area (Å²) in [6, 6.07) is 10.3. The van der Waals surface area contributed by atoms with Crippen molar-refractivity contribution in [1.82, 2.24) is 10.6 Å². The van der Waals surface area contributed by atoms with Gasteiger partial charge in [0.15, 0.2) is 0 Å². The molecule has 0 saturated heterocycles. The van der Waals surface area contributed by atoms with Crippen LogP contribution in [-0.2, 0) is 9.59 Å². The zero-order valence-corrected chi connectivity index (χ0v) is 15.7. The van der Waals surface area contributed by atoms with Gasteiger partial charge in [-0.1, -0.05) is 43.6 Å². The maximum atomic E-state index is 12.3. The summed E-state index contributed by atoms with van der Waals surface area (Å²) in [4.78, 5) is 25.2. The average Bonchev–Trinajstić information content (AvgIpc) is 3.12. The molecular weight excluding hydrogens is 358 g/mol. The predicted molar refractivity (Wildman–Crippen MR) is 102 cm³/mol. The number of hydrogen-bond donors (Lipinski definition) is 3. The highest BCUT2D eigenvalue weighted by atomic mass is 35.5. The van der Waals surface area contributed by atoms with Crippen molar-refractivity contribution in [3.63, 3.8) is 0 Å². The van der Waals surface area contributed by atoms with Crippen molar-refractivity contribution in [1.29, 1.82) is 0 Å². The molecular formula is C18H22ClN3O2S. The first-order valence-electron chi connectivity index (χ1n) is 8.00. The maximum Gasteiger partial charge on any atom is 0.240 e. The van der Waals surface area contributed by atoms with Gasteiger partial charge in [-0.2, -0.15) is 0 Å². The lowest BCUT2D eigenvalue weighted by molar-refractivity contribution is -0.127. The minimum Gasteiger partial charge on any atom is -0.346 e. The van der Waals surface area contributed by atoms with Crippen LogP contribution in [0.25, 0.3) is 0 Å². The number of thiophene rings is 1. The van der Waals surface area contributed by atoms with Gasteiger partial charge in [-0.15, -0.1) is 11.3 Å². The van der Waals surface area contributed by atoms with E-state index in [9.17, 15) is 9.59 Å². The van der Waals surface area contributed by atoms with E-state index >= 15 is 0 Å². The molecule has 25 heavy (non-hydrogen) atoms. The van der Waals surface area contributed by atoms with Gasteiger partial charge in [0, 0.05) is 9.90 Å². The summed E-state index contributed by atoms with van der Waals surface area (Å²) in [5, 5.41) is 8.12. The minimum absolute atomic E-state index is 0.0102. The van der Waals surface area contributed by atoms with Crippen LogP contribution in [0, 0.1) is 5.92 Å². The van der Waals surface area contributed by atoms with Crippen LogP contribution in [0.4, 0.5) is 0 Å². The molecule has 0 bridgehead atoms. The molecule has 2 amide bonds. The van der Waals surface area contributed by atoms with E-state index in [0.717, 1.165) is 10.4 Å². The van der Waals surface area contributed by atoms with Crippen LogP contribution in [0.15, 0.2) is 41.8 Å².